The summed E-state index contributed by atoms with van der Waals surface area (Å²) in [6.45, 7) is 7.28. The Morgan fingerprint density at radius 3 is 2.38 bits per heavy atom. The van der Waals surface area contributed by atoms with Crippen molar-refractivity contribution >= 4 is 5.91 Å². The number of carbonyl (C=O) groups is 1. The molecule has 0 bridgehead atoms. The van der Waals surface area contributed by atoms with Crippen LogP contribution < -0.4 is 0 Å². The molecule has 1 aliphatic heterocycles. The summed E-state index contributed by atoms with van der Waals surface area (Å²) in [4.78, 5) is 13.7. The molecule has 3 nitrogen and oxygen atoms in total. The minimum Gasteiger partial charge on any atom is -0.369 e. The van der Waals surface area contributed by atoms with Crippen LogP contribution in [0.15, 0.2) is 0 Å². The monoisotopic (exact) mass is 183 g/mol. The highest BCUT2D eigenvalue weighted by molar-refractivity contribution is 5.80. The lowest BCUT2D eigenvalue weighted by atomic mass is 10.0. The molecular formula is C10H17NO2. The van der Waals surface area contributed by atoms with Crippen LogP contribution in [0.3, 0.4) is 0 Å². The Bertz CT molecular complexity index is 238. The average Bonchev–Trinajstić information content (AvgIpc) is 2.66. The average molecular weight is 183 g/mol. The van der Waals surface area contributed by atoms with E-state index in [1.807, 2.05) is 4.90 Å². The van der Waals surface area contributed by atoms with Gasteiger partial charge in [-0.25, -0.2) is 0 Å². The lowest BCUT2D eigenvalue weighted by Gasteiger charge is -2.45. The molecule has 74 valence electrons. The van der Waals surface area contributed by atoms with E-state index in [4.69, 9.17) is 4.74 Å². The molecule has 0 N–H and O–H groups in total. The summed E-state index contributed by atoms with van der Waals surface area (Å²) in [7, 11) is 0. The van der Waals surface area contributed by atoms with Crippen LogP contribution in [0.1, 0.15) is 33.6 Å². The summed E-state index contributed by atoms with van der Waals surface area (Å²) in [6, 6.07) is 0. The minimum atomic E-state index is -0.0582. The Balaban J connectivity index is 2.25. The van der Waals surface area contributed by atoms with E-state index in [1.54, 1.807) is 0 Å². The van der Waals surface area contributed by atoms with Crippen molar-refractivity contribution in [3.8, 4) is 0 Å². The van der Waals surface area contributed by atoms with Crippen molar-refractivity contribution in [1.29, 1.82) is 0 Å². The van der Waals surface area contributed by atoms with Crippen LogP contribution in [0.5, 0.6) is 0 Å². The van der Waals surface area contributed by atoms with Gasteiger partial charge in [-0.3, -0.25) is 4.79 Å². The van der Waals surface area contributed by atoms with Crippen LogP contribution in [-0.2, 0) is 9.53 Å². The summed E-state index contributed by atoms with van der Waals surface area (Å²) in [5.74, 6) is 0.149. The first-order valence-electron chi connectivity index (χ1n) is 4.87. The van der Waals surface area contributed by atoms with Crippen molar-refractivity contribution in [3.63, 3.8) is 0 Å². The van der Waals surface area contributed by atoms with Crippen molar-refractivity contribution in [1.82, 2.24) is 4.90 Å². The topological polar surface area (TPSA) is 29.5 Å². The SMILES string of the molecule is CC(C)(C)N1C(=O)COCC12CC2. The molecule has 0 aromatic rings. The van der Waals surface area contributed by atoms with Crippen molar-refractivity contribution in [2.45, 2.75) is 44.7 Å². The maximum atomic E-state index is 11.7. The van der Waals surface area contributed by atoms with E-state index >= 15 is 0 Å². The number of hydrogen-bond acceptors (Lipinski definition) is 2. The third-order valence-corrected chi connectivity index (χ3v) is 2.82. The van der Waals surface area contributed by atoms with Gasteiger partial charge in [-0.05, 0) is 33.6 Å². The van der Waals surface area contributed by atoms with Crippen LogP contribution in [0, 0.1) is 0 Å². The van der Waals surface area contributed by atoms with Crippen LogP contribution in [0.4, 0.5) is 0 Å². The molecule has 1 saturated carbocycles. The molecule has 1 spiro atoms. The molecule has 3 heteroatoms. The van der Waals surface area contributed by atoms with E-state index < -0.39 is 0 Å². The Hall–Kier alpha value is -0.570. The Morgan fingerprint density at radius 2 is 2.00 bits per heavy atom. The molecule has 1 saturated heterocycles. The zero-order chi connectivity index (χ0) is 9.69. The number of rotatable bonds is 0. The largest absolute Gasteiger partial charge is 0.369 e. The molecule has 0 atom stereocenters. The predicted octanol–water partition coefficient (Wildman–Crippen LogP) is 1.18. The second-order valence-electron chi connectivity index (χ2n) is 5.12. The van der Waals surface area contributed by atoms with Gasteiger partial charge in [0.05, 0.1) is 12.1 Å². The molecular weight excluding hydrogens is 166 g/mol. The zero-order valence-electron chi connectivity index (χ0n) is 8.59. The van der Waals surface area contributed by atoms with Crippen molar-refractivity contribution < 1.29 is 9.53 Å². The predicted molar refractivity (Wildman–Crippen MR) is 49.4 cm³/mol. The second-order valence-corrected chi connectivity index (χ2v) is 5.12. The second kappa shape index (κ2) is 2.47. The third-order valence-electron chi connectivity index (χ3n) is 2.82. The van der Waals surface area contributed by atoms with Gasteiger partial charge in [0, 0.05) is 5.54 Å². The number of hydrogen-bond donors (Lipinski definition) is 0. The van der Waals surface area contributed by atoms with Crippen LogP contribution >= 0.6 is 0 Å². The van der Waals surface area contributed by atoms with E-state index in [9.17, 15) is 4.79 Å². The summed E-state index contributed by atoms with van der Waals surface area (Å²) in [6.07, 6.45) is 2.21. The fourth-order valence-electron chi connectivity index (χ4n) is 2.32. The lowest BCUT2D eigenvalue weighted by molar-refractivity contribution is -0.158. The van der Waals surface area contributed by atoms with Gasteiger partial charge in [0.1, 0.15) is 6.61 Å². The normalized spacial score (nSPS) is 26.7. The Morgan fingerprint density at radius 1 is 1.38 bits per heavy atom. The number of carbonyl (C=O) groups excluding carboxylic acids is 1. The van der Waals surface area contributed by atoms with Gasteiger partial charge >= 0.3 is 0 Å². The Kier molecular flexibility index (Phi) is 1.71. The molecule has 0 aromatic carbocycles. The fourth-order valence-corrected chi connectivity index (χ4v) is 2.32. The van der Waals surface area contributed by atoms with E-state index in [2.05, 4.69) is 20.8 Å². The number of amides is 1. The van der Waals surface area contributed by atoms with Crippen LogP contribution in [0.25, 0.3) is 0 Å². The van der Waals surface area contributed by atoms with Crippen LogP contribution in [0.2, 0.25) is 0 Å². The van der Waals surface area contributed by atoms with Crippen LogP contribution in [-0.4, -0.2) is 35.1 Å². The van der Waals surface area contributed by atoms with Gasteiger partial charge in [0.25, 0.3) is 0 Å². The van der Waals surface area contributed by atoms with E-state index in [1.165, 1.54) is 0 Å². The fraction of sp³-hybridized carbons (Fsp3) is 0.900. The number of morpholine rings is 1. The highest BCUT2D eigenvalue weighted by Gasteiger charge is 2.55. The van der Waals surface area contributed by atoms with E-state index in [-0.39, 0.29) is 23.6 Å². The van der Waals surface area contributed by atoms with E-state index in [0.717, 1.165) is 19.4 Å². The third kappa shape index (κ3) is 1.35. The van der Waals surface area contributed by atoms with Gasteiger partial charge in [-0.15, -0.1) is 0 Å². The quantitative estimate of drug-likeness (QED) is 0.564. The highest BCUT2D eigenvalue weighted by atomic mass is 16.5. The maximum Gasteiger partial charge on any atom is 0.249 e. The summed E-state index contributed by atoms with van der Waals surface area (Å²) < 4.78 is 5.29. The lowest BCUT2D eigenvalue weighted by Crippen LogP contribution is -2.59. The molecule has 1 aliphatic carbocycles. The standard InChI is InChI=1S/C10H17NO2/c1-9(2,3)11-8(12)6-13-7-10(11)4-5-10/h4-7H2,1-3H3. The van der Waals surface area contributed by atoms with Gasteiger partial charge in [-0.1, -0.05) is 0 Å². The molecule has 2 rings (SSSR count). The smallest absolute Gasteiger partial charge is 0.249 e. The van der Waals surface area contributed by atoms with Gasteiger partial charge in [0.2, 0.25) is 5.91 Å². The molecule has 2 fully saturated rings. The first-order valence-corrected chi connectivity index (χ1v) is 4.87. The summed E-state index contributed by atoms with van der Waals surface area (Å²) in [5.41, 5.74) is 0.00491. The first kappa shape index (κ1) is 9.00. The minimum absolute atomic E-state index is 0.0582. The molecule has 0 radical (unpaired) electrons. The molecule has 1 amide bonds. The molecule has 1 heterocycles. The molecule has 2 aliphatic rings. The zero-order valence-corrected chi connectivity index (χ0v) is 8.59. The van der Waals surface area contributed by atoms with Gasteiger partial charge in [-0.2, -0.15) is 0 Å². The number of ether oxygens (including phenoxy) is 1. The van der Waals surface area contributed by atoms with Crippen molar-refractivity contribution in [2.75, 3.05) is 13.2 Å². The maximum absolute atomic E-state index is 11.7. The first-order chi connectivity index (χ1) is 5.96. The summed E-state index contributed by atoms with van der Waals surface area (Å²) >= 11 is 0. The van der Waals surface area contributed by atoms with Gasteiger partial charge < -0.3 is 9.64 Å². The molecule has 13 heavy (non-hydrogen) atoms. The van der Waals surface area contributed by atoms with Crippen molar-refractivity contribution in [3.05, 3.63) is 0 Å². The molecule has 0 aromatic heterocycles. The highest BCUT2D eigenvalue weighted by Crippen LogP contribution is 2.47. The number of nitrogens with zero attached hydrogens (tertiary/aromatic N) is 1. The van der Waals surface area contributed by atoms with E-state index in [0.29, 0.717) is 0 Å². The van der Waals surface area contributed by atoms with Gasteiger partial charge in [0.15, 0.2) is 0 Å². The Labute approximate surface area is 79.0 Å². The summed E-state index contributed by atoms with van der Waals surface area (Å²) in [5, 5.41) is 0. The van der Waals surface area contributed by atoms with Crippen molar-refractivity contribution in [2.24, 2.45) is 0 Å². The molecule has 0 unspecified atom stereocenters.